The molecule has 0 aliphatic rings. The molecule has 1 rings (SSSR count). The molecule has 0 saturated carbocycles. The SMILES string of the molecule is CCCCN(CCO)c1ccc(C(C)NCCC)cn1. The van der Waals surface area contributed by atoms with E-state index in [4.69, 9.17) is 5.11 Å². The topological polar surface area (TPSA) is 48.4 Å². The monoisotopic (exact) mass is 279 g/mol. The maximum absolute atomic E-state index is 9.16. The lowest BCUT2D eigenvalue weighted by Gasteiger charge is -2.23. The van der Waals surface area contributed by atoms with Gasteiger partial charge in [0.25, 0.3) is 0 Å². The summed E-state index contributed by atoms with van der Waals surface area (Å²) in [5.41, 5.74) is 1.21. The van der Waals surface area contributed by atoms with Crippen molar-refractivity contribution >= 4 is 5.82 Å². The Morgan fingerprint density at radius 3 is 2.60 bits per heavy atom. The number of hydrogen-bond acceptors (Lipinski definition) is 4. The Hall–Kier alpha value is -1.13. The molecule has 0 aliphatic carbocycles. The second-order valence-corrected chi connectivity index (χ2v) is 5.19. The quantitative estimate of drug-likeness (QED) is 0.691. The first-order valence-corrected chi connectivity index (χ1v) is 7.78. The van der Waals surface area contributed by atoms with Crippen LogP contribution in [0.3, 0.4) is 0 Å². The van der Waals surface area contributed by atoms with E-state index in [1.54, 1.807) is 0 Å². The van der Waals surface area contributed by atoms with Crippen LogP contribution < -0.4 is 10.2 Å². The maximum atomic E-state index is 9.16. The van der Waals surface area contributed by atoms with Crippen LogP contribution in [0.4, 0.5) is 5.82 Å². The predicted octanol–water partition coefficient (Wildman–Crippen LogP) is 2.74. The lowest BCUT2D eigenvalue weighted by molar-refractivity contribution is 0.301. The van der Waals surface area contributed by atoms with Crippen molar-refractivity contribution in [1.82, 2.24) is 10.3 Å². The fraction of sp³-hybridized carbons (Fsp3) is 0.688. The average molecular weight is 279 g/mol. The van der Waals surface area contributed by atoms with E-state index in [-0.39, 0.29) is 6.61 Å². The second-order valence-electron chi connectivity index (χ2n) is 5.19. The smallest absolute Gasteiger partial charge is 0.128 e. The fourth-order valence-electron chi connectivity index (χ4n) is 2.13. The summed E-state index contributed by atoms with van der Waals surface area (Å²) >= 11 is 0. The molecule has 4 nitrogen and oxygen atoms in total. The number of nitrogens with one attached hydrogen (secondary N) is 1. The molecule has 114 valence electrons. The highest BCUT2D eigenvalue weighted by molar-refractivity contribution is 5.39. The molecule has 2 N–H and O–H groups in total. The van der Waals surface area contributed by atoms with Gasteiger partial charge in [-0.3, -0.25) is 0 Å². The fourth-order valence-corrected chi connectivity index (χ4v) is 2.13. The number of rotatable bonds is 10. The summed E-state index contributed by atoms with van der Waals surface area (Å²) in [5, 5.41) is 12.6. The van der Waals surface area contributed by atoms with Gasteiger partial charge in [0.2, 0.25) is 0 Å². The highest BCUT2D eigenvalue weighted by Crippen LogP contribution is 2.16. The van der Waals surface area contributed by atoms with E-state index in [2.05, 4.69) is 48.1 Å². The van der Waals surface area contributed by atoms with E-state index in [0.29, 0.717) is 12.6 Å². The molecular weight excluding hydrogens is 250 g/mol. The first-order valence-electron chi connectivity index (χ1n) is 7.78. The van der Waals surface area contributed by atoms with Crippen molar-refractivity contribution in [2.75, 3.05) is 31.1 Å². The lowest BCUT2D eigenvalue weighted by Crippen LogP contribution is -2.28. The van der Waals surface area contributed by atoms with Gasteiger partial charge in [-0.2, -0.15) is 0 Å². The van der Waals surface area contributed by atoms with Crippen molar-refractivity contribution in [3.63, 3.8) is 0 Å². The van der Waals surface area contributed by atoms with Gasteiger partial charge >= 0.3 is 0 Å². The third-order valence-electron chi connectivity index (χ3n) is 3.45. The van der Waals surface area contributed by atoms with Gasteiger partial charge in [-0.1, -0.05) is 26.3 Å². The molecule has 0 amide bonds. The summed E-state index contributed by atoms with van der Waals surface area (Å²) in [6.07, 6.45) is 5.35. The minimum Gasteiger partial charge on any atom is -0.395 e. The number of aliphatic hydroxyl groups is 1. The maximum Gasteiger partial charge on any atom is 0.128 e. The Balaban J connectivity index is 2.66. The van der Waals surface area contributed by atoms with Gasteiger partial charge in [0.05, 0.1) is 6.61 Å². The van der Waals surface area contributed by atoms with Crippen LogP contribution in [0.5, 0.6) is 0 Å². The molecule has 4 heteroatoms. The van der Waals surface area contributed by atoms with Gasteiger partial charge in [0.1, 0.15) is 5.82 Å². The first kappa shape index (κ1) is 16.9. The van der Waals surface area contributed by atoms with Crippen molar-refractivity contribution in [1.29, 1.82) is 0 Å². The third kappa shape index (κ3) is 5.47. The molecule has 0 radical (unpaired) electrons. The van der Waals surface area contributed by atoms with E-state index in [1.165, 1.54) is 5.56 Å². The van der Waals surface area contributed by atoms with E-state index in [9.17, 15) is 0 Å². The van der Waals surface area contributed by atoms with Gasteiger partial charge in [-0.15, -0.1) is 0 Å². The number of hydrogen-bond donors (Lipinski definition) is 2. The highest BCUT2D eigenvalue weighted by atomic mass is 16.3. The molecule has 1 aromatic rings. The van der Waals surface area contributed by atoms with Gasteiger partial charge in [-0.05, 0) is 37.9 Å². The summed E-state index contributed by atoms with van der Waals surface area (Å²) < 4.78 is 0. The number of unbranched alkanes of at least 4 members (excludes halogenated alkanes) is 1. The molecule has 0 saturated heterocycles. The van der Waals surface area contributed by atoms with Crippen LogP contribution in [0, 0.1) is 0 Å². The number of anilines is 1. The summed E-state index contributed by atoms with van der Waals surface area (Å²) in [4.78, 5) is 6.70. The number of nitrogens with zero attached hydrogens (tertiary/aromatic N) is 2. The minimum absolute atomic E-state index is 0.168. The van der Waals surface area contributed by atoms with Crippen LogP contribution >= 0.6 is 0 Å². The zero-order valence-electron chi connectivity index (χ0n) is 13.1. The molecule has 0 spiro atoms. The van der Waals surface area contributed by atoms with Crippen molar-refractivity contribution < 1.29 is 5.11 Å². The average Bonchev–Trinajstić information content (AvgIpc) is 2.49. The van der Waals surface area contributed by atoms with Crippen molar-refractivity contribution in [3.8, 4) is 0 Å². The Morgan fingerprint density at radius 2 is 2.05 bits per heavy atom. The van der Waals surface area contributed by atoms with E-state index in [0.717, 1.165) is 38.2 Å². The molecule has 0 fully saturated rings. The van der Waals surface area contributed by atoms with Crippen LogP contribution in [-0.2, 0) is 0 Å². The predicted molar refractivity (Wildman–Crippen MR) is 85.2 cm³/mol. The van der Waals surface area contributed by atoms with E-state index >= 15 is 0 Å². The zero-order chi connectivity index (χ0) is 14.8. The van der Waals surface area contributed by atoms with Crippen LogP contribution in [0.2, 0.25) is 0 Å². The van der Waals surface area contributed by atoms with Crippen molar-refractivity contribution in [2.24, 2.45) is 0 Å². The van der Waals surface area contributed by atoms with Gasteiger partial charge < -0.3 is 15.3 Å². The Labute approximate surface area is 123 Å². The number of aromatic nitrogens is 1. The molecular formula is C16H29N3O. The van der Waals surface area contributed by atoms with E-state index in [1.807, 2.05) is 6.20 Å². The van der Waals surface area contributed by atoms with Crippen LogP contribution in [0.15, 0.2) is 18.3 Å². The number of pyridine rings is 1. The molecule has 1 heterocycles. The van der Waals surface area contributed by atoms with Crippen LogP contribution in [0.1, 0.15) is 51.6 Å². The number of aliphatic hydroxyl groups excluding tert-OH is 1. The van der Waals surface area contributed by atoms with Crippen LogP contribution in [-0.4, -0.2) is 36.3 Å². The normalized spacial score (nSPS) is 12.4. The van der Waals surface area contributed by atoms with Crippen molar-refractivity contribution in [3.05, 3.63) is 23.9 Å². The molecule has 1 aromatic heterocycles. The summed E-state index contributed by atoms with van der Waals surface area (Å²) in [6.45, 7) is 9.30. The molecule has 0 aromatic carbocycles. The zero-order valence-corrected chi connectivity index (χ0v) is 13.1. The Bertz CT molecular complexity index is 353. The molecule has 20 heavy (non-hydrogen) atoms. The Kier molecular flexibility index (Phi) is 8.23. The third-order valence-corrected chi connectivity index (χ3v) is 3.45. The van der Waals surface area contributed by atoms with Crippen LogP contribution in [0.25, 0.3) is 0 Å². The standard InChI is InChI=1S/C16H29N3O/c1-4-6-10-19(11-12-20)16-8-7-15(13-18-16)14(3)17-9-5-2/h7-8,13-14,17,20H,4-6,9-12H2,1-3H3. The Morgan fingerprint density at radius 1 is 1.25 bits per heavy atom. The van der Waals surface area contributed by atoms with E-state index < -0.39 is 0 Å². The van der Waals surface area contributed by atoms with Gasteiger partial charge in [0, 0.05) is 25.3 Å². The minimum atomic E-state index is 0.168. The molecule has 1 atom stereocenters. The van der Waals surface area contributed by atoms with Gasteiger partial charge in [-0.25, -0.2) is 4.98 Å². The largest absolute Gasteiger partial charge is 0.395 e. The lowest BCUT2D eigenvalue weighted by atomic mass is 10.1. The summed E-state index contributed by atoms with van der Waals surface area (Å²) in [5.74, 6) is 0.957. The molecule has 0 aliphatic heterocycles. The molecule has 1 unspecified atom stereocenters. The van der Waals surface area contributed by atoms with Gasteiger partial charge in [0.15, 0.2) is 0 Å². The highest BCUT2D eigenvalue weighted by Gasteiger charge is 2.09. The molecule has 0 bridgehead atoms. The second kappa shape index (κ2) is 9.72. The first-order chi connectivity index (χ1) is 9.72. The summed E-state index contributed by atoms with van der Waals surface area (Å²) in [7, 11) is 0. The summed E-state index contributed by atoms with van der Waals surface area (Å²) in [6, 6.07) is 4.52. The van der Waals surface area contributed by atoms with Crippen molar-refractivity contribution in [2.45, 2.75) is 46.1 Å².